The summed E-state index contributed by atoms with van der Waals surface area (Å²) in [5, 5.41) is 12.0. The number of rotatable bonds is 5. The largest absolute Gasteiger partial charge is 0.353 e. The molecule has 1 amide bonds. The van der Waals surface area contributed by atoms with Crippen LogP contribution in [0.25, 0.3) is 0 Å². The van der Waals surface area contributed by atoms with Gasteiger partial charge in [-0.15, -0.1) is 0 Å². The fourth-order valence-corrected chi connectivity index (χ4v) is 2.80. The summed E-state index contributed by atoms with van der Waals surface area (Å²) in [7, 11) is 0. The number of benzene rings is 1. The van der Waals surface area contributed by atoms with Crippen LogP contribution in [0.4, 0.5) is 0 Å². The average molecular weight is 299 g/mol. The number of nitrogens with one attached hydrogen (secondary N) is 1. The number of carbonyl (C=O) groups excluding carboxylic acids is 1. The van der Waals surface area contributed by atoms with E-state index >= 15 is 0 Å². The van der Waals surface area contributed by atoms with E-state index in [9.17, 15) is 4.79 Å². The fraction of sp³-hybridized carbons (Fsp3) is 0.556. The molecule has 1 unspecified atom stereocenters. The third-order valence-electron chi connectivity index (χ3n) is 4.32. The van der Waals surface area contributed by atoms with Crippen LogP contribution in [-0.4, -0.2) is 29.9 Å². The van der Waals surface area contributed by atoms with Crippen LogP contribution in [0.3, 0.4) is 0 Å². The van der Waals surface area contributed by atoms with Crippen molar-refractivity contribution >= 4 is 5.91 Å². The van der Waals surface area contributed by atoms with Gasteiger partial charge in [0.2, 0.25) is 5.91 Å². The van der Waals surface area contributed by atoms with E-state index in [4.69, 9.17) is 5.26 Å². The zero-order valence-corrected chi connectivity index (χ0v) is 13.5. The molecule has 0 saturated carbocycles. The molecule has 2 rings (SSSR count). The van der Waals surface area contributed by atoms with Gasteiger partial charge in [0, 0.05) is 19.1 Å². The number of piperidine rings is 1. The molecule has 0 aromatic heterocycles. The lowest BCUT2D eigenvalue weighted by Gasteiger charge is -2.36. The fourth-order valence-electron chi connectivity index (χ4n) is 2.80. The van der Waals surface area contributed by atoms with Gasteiger partial charge in [0.15, 0.2) is 0 Å². The van der Waals surface area contributed by atoms with Crippen molar-refractivity contribution in [3.05, 3.63) is 35.9 Å². The maximum absolute atomic E-state index is 12.1. The van der Waals surface area contributed by atoms with E-state index in [1.807, 2.05) is 6.07 Å². The van der Waals surface area contributed by atoms with Crippen molar-refractivity contribution in [3.8, 4) is 6.07 Å². The van der Waals surface area contributed by atoms with Crippen LogP contribution in [0.2, 0.25) is 0 Å². The SMILES string of the molecule is CC(C)(C#N)C(=O)NCC1CCCCN1Cc1ccccc1. The summed E-state index contributed by atoms with van der Waals surface area (Å²) in [6.07, 6.45) is 3.51. The summed E-state index contributed by atoms with van der Waals surface area (Å²) in [4.78, 5) is 14.5. The first-order valence-corrected chi connectivity index (χ1v) is 8.00. The second-order valence-corrected chi connectivity index (χ2v) is 6.55. The highest BCUT2D eigenvalue weighted by molar-refractivity contribution is 5.84. The van der Waals surface area contributed by atoms with Crippen LogP contribution in [0.15, 0.2) is 30.3 Å². The maximum Gasteiger partial charge on any atom is 0.239 e. The molecule has 1 aromatic rings. The lowest BCUT2D eigenvalue weighted by molar-refractivity contribution is -0.127. The first-order chi connectivity index (χ1) is 10.5. The Kier molecular flexibility index (Phi) is 5.57. The lowest BCUT2D eigenvalue weighted by atomic mass is 9.94. The molecule has 0 aliphatic carbocycles. The molecule has 1 heterocycles. The number of nitriles is 1. The standard InChI is InChI=1S/C18H25N3O/c1-18(2,14-19)17(22)20-12-16-10-6-7-11-21(16)13-15-8-4-3-5-9-15/h3-5,8-9,16H,6-7,10-13H2,1-2H3,(H,20,22). The molecule has 22 heavy (non-hydrogen) atoms. The van der Waals surface area contributed by atoms with Gasteiger partial charge in [-0.3, -0.25) is 9.69 Å². The Morgan fingerprint density at radius 3 is 2.77 bits per heavy atom. The number of hydrogen-bond donors (Lipinski definition) is 1. The van der Waals surface area contributed by atoms with Crippen molar-refractivity contribution in [2.75, 3.05) is 13.1 Å². The molecule has 1 N–H and O–H groups in total. The predicted octanol–water partition coefficient (Wildman–Crippen LogP) is 2.71. The first kappa shape index (κ1) is 16.5. The van der Waals surface area contributed by atoms with Gasteiger partial charge in [-0.25, -0.2) is 0 Å². The van der Waals surface area contributed by atoms with Gasteiger partial charge in [-0.1, -0.05) is 36.8 Å². The molecule has 1 saturated heterocycles. The summed E-state index contributed by atoms with van der Waals surface area (Å²) < 4.78 is 0. The number of likely N-dealkylation sites (tertiary alicyclic amines) is 1. The summed E-state index contributed by atoms with van der Waals surface area (Å²) in [5.41, 5.74) is 0.344. The van der Waals surface area contributed by atoms with Crippen molar-refractivity contribution in [3.63, 3.8) is 0 Å². The third-order valence-corrected chi connectivity index (χ3v) is 4.32. The van der Waals surface area contributed by atoms with E-state index in [2.05, 4.69) is 40.6 Å². The molecule has 1 aliphatic heterocycles. The Labute approximate surface area is 133 Å². The molecule has 0 radical (unpaired) electrons. The van der Waals surface area contributed by atoms with Gasteiger partial charge in [-0.2, -0.15) is 5.26 Å². The molecule has 0 bridgehead atoms. The first-order valence-electron chi connectivity index (χ1n) is 8.00. The summed E-state index contributed by atoms with van der Waals surface area (Å²) >= 11 is 0. The van der Waals surface area contributed by atoms with E-state index in [1.54, 1.807) is 13.8 Å². The molecular weight excluding hydrogens is 274 g/mol. The highest BCUT2D eigenvalue weighted by Gasteiger charge is 2.29. The van der Waals surface area contributed by atoms with Crippen molar-refractivity contribution in [2.45, 2.75) is 45.7 Å². The molecule has 1 aromatic carbocycles. The molecule has 1 atom stereocenters. The molecule has 1 aliphatic rings. The Hall–Kier alpha value is -1.86. The Bertz CT molecular complexity index is 533. The average Bonchev–Trinajstić information content (AvgIpc) is 2.54. The summed E-state index contributed by atoms with van der Waals surface area (Å²) in [6, 6.07) is 12.8. The molecule has 4 heteroatoms. The van der Waals surface area contributed by atoms with E-state index < -0.39 is 5.41 Å². The molecule has 0 spiro atoms. The Morgan fingerprint density at radius 1 is 1.36 bits per heavy atom. The zero-order valence-electron chi connectivity index (χ0n) is 13.5. The van der Waals surface area contributed by atoms with Crippen molar-refractivity contribution < 1.29 is 4.79 Å². The summed E-state index contributed by atoms with van der Waals surface area (Å²) in [6.45, 7) is 5.92. The predicted molar refractivity (Wildman–Crippen MR) is 86.9 cm³/mol. The van der Waals surface area contributed by atoms with Gasteiger partial charge >= 0.3 is 0 Å². The minimum atomic E-state index is -0.959. The smallest absolute Gasteiger partial charge is 0.239 e. The van der Waals surface area contributed by atoms with Crippen LogP contribution in [-0.2, 0) is 11.3 Å². The van der Waals surface area contributed by atoms with Crippen molar-refractivity contribution in [1.29, 1.82) is 5.26 Å². The van der Waals surface area contributed by atoms with Crippen LogP contribution in [0.5, 0.6) is 0 Å². The van der Waals surface area contributed by atoms with Crippen molar-refractivity contribution in [2.24, 2.45) is 5.41 Å². The molecule has 4 nitrogen and oxygen atoms in total. The van der Waals surface area contributed by atoms with Gasteiger partial charge in [-0.05, 0) is 38.8 Å². The van der Waals surface area contributed by atoms with E-state index in [1.165, 1.54) is 18.4 Å². The highest BCUT2D eigenvalue weighted by atomic mass is 16.2. The van der Waals surface area contributed by atoms with E-state index in [0.717, 1.165) is 19.5 Å². The normalized spacial score (nSPS) is 19.4. The second-order valence-electron chi connectivity index (χ2n) is 6.55. The van der Waals surface area contributed by atoms with E-state index in [-0.39, 0.29) is 5.91 Å². The number of amides is 1. The van der Waals surface area contributed by atoms with Crippen LogP contribution in [0, 0.1) is 16.7 Å². The van der Waals surface area contributed by atoms with Crippen LogP contribution >= 0.6 is 0 Å². The zero-order chi connectivity index (χ0) is 16.0. The maximum atomic E-state index is 12.1. The minimum Gasteiger partial charge on any atom is -0.353 e. The number of carbonyl (C=O) groups is 1. The van der Waals surface area contributed by atoms with E-state index in [0.29, 0.717) is 12.6 Å². The monoisotopic (exact) mass is 299 g/mol. The molecule has 118 valence electrons. The Balaban J connectivity index is 1.93. The third kappa shape index (κ3) is 4.32. The second kappa shape index (κ2) is 7.42. The molecular formula is C18H25N3O. The molecule has 1 fully saturated rings. The van der Waals surface area contributed by atoms with Gasteiger partial charge in [0.05, 0.1) is 6.07 Å². The lowest BCUT2D eigenvalue weighted by Crippen LogP contribution is -2.48. The number of hydrogen-bond acceptors (Lipinski definition) is 3. The quantitative estimate of drug-likeness (QED) is 0.909. The summed E-state index contributed by atoms with van der Waals surface area (Å²) in [5.74, 6) is -0.180. The van der Waals surface area contributed by atoms with Gasteiger partial charge < -0.3 is 5.32 Å². The number of nitrogens with zero attached hydrogens (tertiary/aromatic N) is 2. The van der Waals surface area contributed by atoms with Gasteiger partial charge in [0.25, 0.3) is 0 Å². The minimum absolute atomic E-state index is 0.180. The van der Waals surface area contributed by atoms with Gasteiger partial charge in [0.1, 0.15) is 5.41 Å². The van der Waals surface area contributed by atoms with Crippen LogP contribution < -0.4 is 5.32 Å². The Morgan fingerprint density at radius 2 is 2.09 bits per heavy atom. The van der Waals surface area contributed by atoms with Crippen molar-refractivity contribution in [1.82, 2.24) is 10.2 Å². The highest BCUT2D eigenvalue weighted by Crippen LogP contribution is 2.20. The topological polar surface area (TPSA) is 56.1 Å². The van der Waals surface area contributed by atoms with Crippen LogP contribution in [0.1, 0.15) is 38.7 Å².